The van der Waals surface area contributed by atoms with E-state index in [2.05, 4.69) is 9.47 Å². The van der Waals surface area contributed by atoms with Gasteiger partial charge in [-0.05, 0) is 0 Å². The summed E-state index contributed by atoms with van der Waals surface area (Å²) in [4.78, 5) is 46.1. The highest BCUT2D eigenvalue weighted by Gasteiger charge is 2.47. The van der Waals surface area contributed by atoms with Crippen LogP contribution in [0.2, 0.25) is 0 Å². The molecule has 0 N–H and O–H groups in total. The number of carbonyl (C=O) groups is 4. The Balaban J connectivity index is 3.03. The molecular weight excluding hydrogens is 296 g/mol. The lowest BCUT2D eigenvalue weighted by Crippen LogP contribution is -2.48. The lowest BCUT2D eigenvalue weighted by atomic mass is 9.77. The first-order chi connectivity index (χ1) is 10.3. The fraction of sp³-hybridized carbons (Fsp3) is 0.714. The molecule has 22 heavy (non-hydrogen) atoms. The molecule has 0 radical (unpaired) electrons. The van der Waals surface area contributed by atoms with Crippen molar-refractivity contribution in [1.82, 2.24) is 0 Å². The van der Waals surface area contributed by atoms with Gasteiger partial charge in [0.15, 0.2) is 0 Å². The molecule has 1 fully saturated rings. The summed E-state index contributed by atoms with van der Waals surface area (Å²) in [5.41, 5.74) is 0. The number of hydrogen-bond acceptors (Lipinski definition) is 8. The summed E-state index contributed by atoms with van der Waals surface area (Å²) in [7, 11) is 2.42. The van der Waals surface area contributed by atoms with Crippen LogP contribution in [0.1, 0.15) is 26.7 Å². The van der Waals surface area contributed by atoms with E-state index in [1.807, 2.05) is 0 Å². The highest BCUT2D eigenvalue weighted by Crippen LogP contribution is 2.35. The molecule has 8 nitrogen and oxygen atoms in total. The maximum Gasteiger partial charge on any atom is 0.312 e. The zero-order chi connectivity index (χ0) is 16.9. The van der Waals surface area contributed by atoms with Crippen LogP contribution in [0.4, 0.5) is 0 Å². The second kappa shape index (κ2) is 7.77. The molecule has 0 amide bonds. The topological polar surface area (TPSA) is 105 Å². The molecule has 0 aromatic rings. The molecule has 0 aromatic carbocycles. The molecule has 1 aliphatic rings. The highest BCUT2D eigenvalue weighted by atomic mass is 16.6. The van der Waals surface area contributed by atoms with E-state index in [4.69, 9.17) is 9.47 Å². The van der Waals surface area contributed by atoms with Crippen LogP contribution in [0.3, 0.4) is 0 Å². The smallest absolute Gasteiger partial charge is 0.312 e. The third-order valence-corrected chi connectivity index (χ3v) is 3.51. The van der Waals surface area contributed by atoms with Crippen molar-refractivity contribution >= 4 is 23.9 Å². The number of rotatable bonds is 4. The van der Waals surface area contributed by atoms with Crippen molar-refractivity contribution in [3.05, 3.63) is 0 Å². The van der Waals surface area contributed by atoms with E-state index in [1.165, 1.54) is 28.1 Å². The molecule has 124 valence electrons. The van der Waals surface area contributed by atoms with Gasteiger partial charge >= 0.3 is 23.9 Å². The number of carbonyl (C=O) groups excluding carboxylic acids is 4. The Bertz CT molecular complexity index is 416. The molecule has 1 aliphatic carbocycles. The average molecular weight is 316 g/mol. The molecule has 0 aliphatic heterocycles. The number of methoxy groups -OCH3 is 2. The number of esters is 4. The van der Waals surface area contributed by atoms with E-state index < -0.39 is 47.9 Å². The zero-order valence-electron chi connectivity index (χ0n) is 13.0. The maximum atomic E-state index is 11.9. The van der Waals surface area contributed by atoms with Crippen LogP contribution in [-0.2, 0) is 38.1 Å². The fourth-order valence-corrected chi connectivity index (χ4v) is 2.62. The number of ether oxygens (including phenoxy) is 4. The van der Waals surface area contributed by atoms with Crippen LogP contribution in [0.25, 0.3) is 0 Å². The van der Waals surface area contributed by atoms with Crippen LogP contribution < -0.4 is 0 Å². The van der Waals surface area contributed by atoms with Crippen molar-refractivity contribution < 1.29 is 38.1 Å². The van der Waals surface area contributed by atoms with E-state index in [0.717, 1.165) is 0 Å². The summed E-state index contributed by atoms with van der Waals surface area (Å²) in [5.74, 6) is -3.95. The Kier molecular flexibility index (Phi) is 6.33. The lowest BCUT2D eigenvalue weighted by molar-refractivity contribution is -0.181. The molecule has 0 bridgehead atoms. The molecule has 0 saturated heterocycles. The Hall–Kier alpha value is -2.12. The van der Waals surface area contributed by atoms with Crippen LogP contribution in [0.5, 0.6) is 0 Å². The summed E-state index contributed by atoms with van der Waals surface area (Å²) < 4.78 is 19.6. The summed E-state index contributed by atoms with van der Waals surface area (Å²) in [6, 6.07) is 0. The van der Waals surface area contributed by atoms with Crippen molar-refractivity contribution in [1.29, 1.82) is 0 Å². The van der Waals surface area contributed by atoms with Gasteiger partial charge < -0.3 is 18.9 Å². The molecule has 8 heteroatoms. The first kappa shape index (κ1) is 17.9. The zero-order valence-corrected chi connectivity index (χ0v) is 13.0. The largest absolute Gasteiger partial charge is 0.469 e. The molecule has 1 rings (SSSR count). The predicted molar refractivity (Wildman–Crippen MR) is 71.4 cm³/mol. The average Bonchev–Trinajstić information content (AvgIpc) is 2.45. The minimum atomic E-state index is -0.833. The van der Waals surface area contributed by atoms with Crippen molar-refractivity contribution in [2.45, 2.75) is 38.9 Å². The molecule has 4 unspecified atom stereocenters. The molecule has 0 heterocycles. The van der Waals surface area contributed by atoms with E-state index in [0.29, 0.717) is 0 Å². The second-order valence-electron chi connectivity index (χ2n) is 5.03. The van der Waals surface area contributed by atoms with E-state index >= 15 is 0 Å². The van der Waals surface area contributed by atoms with Crippen molar-refractivity contribution in [2.75, 3.05) is 14.2 Å². The monoisotopic (exact) mass is 316 g/mol. The van der Waals surface area contributed by atoms with Gasteiger partial charge in [-0.1, -0.05) is 0 Å². The van der Waals surface area contributed by atoms with Crippen molar-refractivity contribution in [2.24, 2.45) is 11.8 Å². The molecular formula is C14H20O8. The van der Waals surface area contributed by atoms with Crippen LogP contribution in [0, 0.1) is 11.8 Å². The van der Waals surface area contributed by atoms with E-state index in [-0.39, 0.29) is 12.8 Å². The van der Waals surface area contributed by atoms with E-state index in [1.54, 1.807) is 0 Å². The van der Waals surface area contributed by atoms with Gasteiger partial charge in [0.1, 0.15) is 12.2 Å². The summed E-state index contributed by atoms with van der Waals surface area (Å²) in [6.07, 6.45) is -1.63. The molecule has 4 atom stereocenters. The second-order valence-corrected chi connectivity index (χ2v) is 5.03. The van der Waals surface area contributed by atoms with Gasteiger partial charge in [-0.2, -0.15) is 0 Å². The van der Waals surface area contributed by atoms with Gasteiger partial charge in [-0.3, -0.25) is 19.2 Å². The first-order valence-electron chi connectivity index (χ1n) is 6.80. The number of hydrogen-bond donors (Lipinski definition) is 0. The van der Waals surface area contributed by atoms with Gasteiger partial charge in [-0.15, -0.1) is 0 Å². The lowest BCUT2D eigenvalue weighted by Gasteiger charge is -2.37. The van der Waals surface area contributed by atoms with Crippen LogP contribution >= 0.6 is 0 Å². The van der Waals surface area contributed by atoms with Crippen LogP contribution in [-0.4, -0.2) is 50.3 Å². The van der Waals surface area contributed by atoms with Gasteiger partial charge in [0, 0.05) is 26.7 Å². The normalized spacial score (nSPS) is 27.5. The Morgan fingerprint density at radius 3 is 1.27 bits per heavy atom. The quantitative estimate of drug-likeness (QED) is 0.536. The fourth-order valence-electron chi connectivity index (χ4n) is 2.62. The maximum absolute atomic E-state index is 11.9. The van der Waals surface area contributed by atoms with Gasteiger partial charge in [0.25, 0.3) is 0 Å². The van der Waals surface area contributed by atoms with E-state index in [9.17, 15) is 19.2 Å². The third-order valence-electron chi connectivity index (χ3n) is 3.51. The van der Waals surface area contributed by atoms with Crippen molar-refractivity contribution in [3.63, 3.8) is 0 Å². The van der Waals surface area contributed by atoms with Crippen LogP contribution in [0.15, 0.2) is 0 Å². The summed E-state index contributed by atoms with van der Waals surface area (Å²) >= 11 is 0. The first-order valence-corrected chi connectivity index (χ1v) is 6.80. The Morgan fingerprint density at radius 2 is 1.05 bits per heavy atom. The Labute approximate surface area is 128 Å². The highest BCUT2D eigenvalue weighted by molar-refractivity contribution is 5.78. The van der Waals surface area contributed by atoms with Gasteiger partial charge in [0.2, 0.25) is 0 Å². The minimum absolute atomic E-state index is 0.0178. The standard InChI is InChI=1S/C14H20O8/c1-7(15)21-11-5-10(14(18)20-4)12(22-8(2)16)6-9(11)13(17)19-3/h9-12H,5-6H2,1-4H3. The van der Waals surface area contributed by atoms with Crippen molar-refractivity contribution in [3.8, 4) is 0 Å². The molecule has 1 saturated carbocycles. The van der Waals surface area contributed by atoms with Gasteiger partial charge in [0.05, 0.1) is 26.1 Å². The molecule has 0 aromatic heterocycles. The Morgan fingerprint density at radius 1 is 0.727 bits per heavy atom. The SMILES string of the molecule is COC(=O)C1CC(OC(C)=O)C(C(=O)OC)CC1OC(C)=O. The third kappa shape index (κ3) is 4.44. The van der Waals surface area contributed by atoms with Gasteiger partial charge in [-0.25, -0.2) is 0 Å². The predicted octanol–water partition coefficient (Wildman–Crippen LogP) is 0.222. The summed E-state index contributed by atoms with van der Waals surface area (Å²) in [5, 5.41) is 0. The molecule has 0 spiro atoms. The summed E-state index contributed by atoms with van der Waals surface area (Å²) in [6.45, 7) is 2.42. The minimum Gasteiger partial charge on any atom is -0.469 e.